The number of amides is 1. The van der Waals surface area contributed by atoms with Gasteiger partial charge in [0.2, 0.25) is 15.9 Å². The van der Waals surface area contributed by atoms with Crippen LogP contribution in [0.3, 0.4) is 0 Å². The summed E-state index contributed by atoms with van der Waals surface area (Å²) in [6.45, 7) is 0.430. The van der Waals surface area contributed by atoms with Crippen LogP contribution in [0.25, 0.3) is 6.08 Å². The number of hydrogen-bond donors (Lipinski definition) is 2. The number of sulfonamides is 1. The van der Waals surface area contributed by atoms with Gasteiger partial charge < -0.3 is 10.0 Å². The Morgan fingerprint density at radius 2 is 1.92 bits per heavy atom. The Balaban J connectivity index is 2.09. The Kier molecular flexibility index (Phi) is 5.74. The van der Waals surface area contributed by atoms with E-state index in [0.717, 1.165) is 12.8 Å². The molecule has 0 aromatic heterocycles. The van der Waals surface area contributed by atoms with E-state index >= 15 is 0 Å². The SMILES string of the molecule is CNS(=O)(=O)c1ccc(/C=C/C(=O)N2CCCCC2C(=O)O)cc1. The lowest BCUT2D eigenvalue weighted by Crippen LogP contribution is -2.47. The first-order valence-electron chi connectivity index (χ1n) is 7.60. The van der Waals surface area contributed by atoms with Gasteiger partial charge in [-0.15, -0.1) is 0 Å². The van der Waals surface area contributed by atoms with Gasteiger partial charge in [-0.25, -0.2) is 17.9 Å². The van der Waals surface area contributed by atoms with E-state index in [2.05, 4.69) is 4.72 Å². The molecule has 1 aromatic carbocycles. The van der Waals surface area contributed by atoms with Crippen LogP contribution in [0.4, 0.5) is 0 Å². The Morgan fingerprint density at radius 3 is 2.50 bits per heavy atom. The van der Waals surface area contributed by atoms with Crippen molar-refractivity contribution in [2.75, 3.05) is 13.6 Å². The fourth-order valence-corrected chi connectivity index (χ4v) is 3.32. The number of carbonyl (C=O) groups is 2. The van der Waals surface area contributed by atoms with Crippen LogP contribution in [-0.2, 0) is 19.6 Å². The number of aliphatic carboxylic acids is 1. The molecule has 1 aliphatic rings. The van der Waals surface area contributed by atoms with Crippen LogP contribution in [0, 0.1) is 0 Å². The van der Waals surface area contributed by atoms with Crippen molar-refractivity contribution in [3.8, 4) is 0 Å². The van der Waals surface area contributed by atoms with E-state index in [1.807, 2.05) is 0 Å². The van der Waals surface area contributed by atoms with Gasteiger partial charge in [0, 0.05) is 12.6 Å². The van der Waals surface area contributed by atoms with Crippen LogP contribution < -0.4 is 4.72 Å². The zero-order valence-corrected chi connectivity index (χ0v) is 14.1. The maximum atomic E-state index is 12.2. The highest BCUT2D eigenvalue weighted by Crippen LogP contribution is 2.18. The summed E-state index contributed by atoms with van der Waals surface area (Å²) in [6, 6.07) is 5.27. The summed E-state index contributed by atoms with van der Waals surface area (Å²) in [4.78, 5) is 24.9. The molecule has 0 bridgehead atoms. The summed E-state index contributed by atoms with van der Waals surface area (Å²) in [5, 5.41) is 9.19. The molecule has 1 fully saturated rings. The Bertz CT molecular complexity index is 740. The van der Waals surface area contributed by atoms with Crippen LogP contribution in [0.2, 0.25) is 0 Å². The van der Waals surface area contributed by atoms with E-state index in [4.69, 9.17) is 0 Å². The van der Waals surface area contributed by atoms with E-state index in [0.29, 0.717) is 18.5 Å². The maximum Gasteiger partial charge on any atom is 0.326 e. The lowest BCUT2D eigenvalue weighted by Gasteiger charge is -2.32. The van der Waals surface area contributed by atoms with Crippen molar-refractivity contribution in [1.29, 1.82) is 0 Å². The highest BCUT2D eigenvalue weighted by Gasteiger charge is 2.30. The van der Waals surface area contributed by atoms with E-state index in [1.165, 1.54) is 30.2 Å². The first-order valence-corrected chi connectivity index (χ1v) is 9.08. The summed E-state index contributed by atoms with van der Waals surface area (Å²) in [6.07, 6.45) is 4.92. The van der Waals surface area contributed by atoms with Crippen LogP contribution in [0.15, 0.2) is 35.2 Å². The van der Waals surface area contributed by atoms with Crippen molar-refractivity contribution in [3.05, 3.63) is 35.9 Å². The molecule has 1 unspecified atom stereocenters. The first kappa shape index (κ1) is 18.2. The Morgan fingerprint density at radius 1 is 1.25 bits per heavy atom. The van der Waals surface area contributed by atoms with Gasteiger partial charge in [0.25, 0.3) is 0 Å². The van der Waals surface area contributed by atoms with Crippen molar-refractivity contribution in [1.82, 2.24) is 9.62 Å². The topological polar surface area (TPSA) is 104 Å². The Hall–Kier alpha value is -2.19. The molecule has 0 saturated carbocycles. The van der Waals surface area contributed by atoms with Gasteiger partial charge in [-0.1, -0.05) is 12.1 Å². The highest BCUT2D eigenvalue weighted by atomic mass is 32.2. The third-order valence-corrected chi connectivity index (χ3v) is 5.38. The molecule has 7 nitrogen and oxygen atoms in total. The zero-order chi connectivity index (χ0) is 17.7. The van der Waals surface area contributed by atoms with Crippen molar-refractivity contribution in [3.63, 3.8) is 0 Å². The second-order valence-corrected chi connectivity index (χ2v) is 7.38. The van der Waals surface area contributed by atoms with Crippen LogP contribution in [-0.4, -0.2) is 49.9 Å². The molecule has 24 heavy (non-hydrogen) atoms. The third kappa shape index (κ3) is 4.21. The molecular formula is C16H20N2O5S. The largest absolute Gasteiger partial charge is 0.480 e. The van der Waals surface area contributed by atoms with Gasteiger partial charge in [0.15, 0.2) is 0 Å². The maximum absolute atomic E-state index is 12.2. The van der Waals surface area contributed by atoms with Crippen molar-refractivity contribution < 1.29 is 23.1 Å². The summed E-state index contributed by atoms with van der Waals surface area (Å²) in [7, 11) is -2.16. The zero-order valence-electron chi connectivity index (χ0n) is 13.3. The molecule has 1 saturated heterocycles. The number of carboxylic acid groups (broad SMARTS) is 1. The number of hydrogen-bond acceptors (Lipinski definition) is 4. The second-order valence-electron chi connectivity index (χ2n) is 5.49. The molecule has 2 N–H and O–H groups in total. The molecule has 1 heterocycles. The summed E-state index contributed by atoms with van der Waals surface area (Å²) in [5.41, 5.74) is 0.655. The normalized spacial score (nSPS) is 18.7. The molecule has 0 aliphatic carbocycles. The number of piperidine rings is 1. The fraction of sp³-hybridized carbons (Fsp3) is 0.375. The molecule has 8 heteroatoms. The van der Waals surface area contributed by atoms with Gasteiger partial charge in [0.05, 0.1) is 4.90 Å². The highest BCUT2D eigenvalue weighted by molar-refractivity contribution is 7.89. The van der Waals surface area contributed by atoms with Crippen molar-refractivity contribution >= 4 is 28.0 Å². The average Bonchev–Trinajstić information content (AvgIpc) is 2.60. The van der Waals surface area contributed by atoms with Gasteiger partial charge >= 0.3 is 5.97 Å². The predicted octanol–water partition coefficient (Wildman–Crippen LogP) is 1.07. The number of nitrogens with one attached hydrogen (secondary N) is 1. The summed E-state index contributed by atoms with van der Waals surface area (Å²) >= 11 is 0. The second kappa shape index (κ2) is 7.59. The number of carbonyl (C=O) groups excluding carboxylic acids is 1. The van der Waals surface area contributed by atoms with E-state index < -0.39 is 22.0 Å². The number of rotatable bonds is 5. The molecule has 1 aliphatic heterocycles. The Labute approximate surface area is 141 Å². The summed E-state index contributed by atoms with van der Waals surface area (Å²) in [5.74, 6) is -1.34. The van der Waals surface area contributed by atoms with E-state index in [-0.39, 0.29) is 10.8 Å². The monoisotopic (exact) mass is 352 g/mol. The summed E-state index contributed by atoms with van der Waals surface area (Å²) < 4.78 is 25.5. The van der Waals surface area contributed by atoms with Crippen LogP contribution in [0.1, 0.15) is 24.8 Å². The standard InChI is InChI=1S/C16H20N2O5S/c1-17-24(22,23)13-8-5-12(6-9-13)7-10-15(19)18-11-3-2-4-14(18)16(20)21/h5-10,14,17H,2-4,11H2,1H3,(H,20,21)/b10-7+. The number of carboxylic acids is 1. The van der Waals surface area contributed by atoms with Crippen molar-refractivity contribution in [2.45, 2.75) is 30.2 Å². The molecule has 0 radical (unpaired) electrons. The van der Waals surface area contributed by atoms with Crippen LogP contribution in [0.5, 0.6) is 0 Å². The van der Waals surface area contributed by atoms with Crippen LogP contribution >= 0.6 is 0 Å². The smallest absolute Gasteiger partial charge is 0.326 e. The first-order chi connectivity index (χ1) is 11.3. The molecule has 1 atom stereocenters. The molecular weight excluding hydrogens is 332 g/mol. The lowest BCUT2D eigenvalue weighted by atomic mass is 10.0. The minimum atomic E-state index is -3.49. The number of nitrogens with zero attached hydrogens (tertiary/aromatic N) is 1. The lowest BCUT2D eigenvalue weighted by molar-refractivity contribution is -0.150. The fourth-order valence-electron chi connectivity index (χ4n) is 2.59. The van der Waals surface area contributed by atoms with Gasteiger partial charge in [-0.2, -0.15) is 0 Å². The molecule has 130 valence electrons. The minimum Gasteiger partial charge on any atom is -0.480 e. The quantitative estimate of drug-likeness (QED) is 0.772. The van der Waals surface area contributed by atoms with Crippen molar-refractivity contribution in [2.24, 2.45) is 0 Å². The minimum absolute atomic E-state index is 0.135. The molecule has 2 rings (SSSR count). The molecule has 1 aromatic rings. The average molecular weight is 352 g/mol. The van der Waals surface area contributed by atoms with Gasteiger partial charge in [0.1, 0.15) is 6.04 Å². The van der Waals surface area contributed by atoms with E-state index in [9.17, 15) is 23.1 Å². The third-order valence-electron chi connectivity index (χ3n) is 3.95. The number of likely N-dealkylation sites (tertiary alicyclic amines) is 1. The number of benzene rings is 1. The van der Waals surface area contributed by atoms with E-state index in [1.54, 1.807) is 18.2 Å². The van der Waals surface area contributed by atoms with Gasteiger partial charge in [-0.05, 0) is 50.1 Å². The molecule has 1 amide bonds. The predicted molar refractivity (Wildman–Crippen MR) is 88.7 cm³/mol. The molecule has 0 spiro atoms. The van der Waals surface area contributed by atoms with Gasteiger partial charge in [-0.3, -0.25) is 4.79 Å².